The zero-order chi connectivity index (χ0) is 21.2. The zero-order valence-electron chi connectivity index (χ0n) is 15.7. The summed E-state index contributed by atoms with van der Waals surface area (Å²) in [4.78, 5) is 25.2. The van der Waals surface area contributed by atoms with Gasteiger partial charge in [0, 0.05) is 11.1 Å². The molecule has 0 bridgehead atoms. The molecule has 3 rings (SSSR count). The fourth-order valence-corrected chi connectivity index (χ4v) is 5.82. The molecule has 0 amide bonds. The molecule has 1 aliphatic heterocycles. The molecule has 1 fully saturated rings. The largest absolute Gasteiger partial charge is 0.469 e. The lowest BCUT2D eigenvalue weighted by molar-refractivity contribution is -0.145. The van der Waals surface area contributed by atoms with Gasteiger partial charge in [-0.1, -0.05) is 41.9 Å². The van der Waals surface area contributed by atoms with Gasteiger partial charge >= 0.3 is 11.9 Å². The third kappa shape index (κ3) is 4.01. The summed E-state index contributed by atoms with van der Waals surface area (Å²) in [6.45, 7) is 0. The van der Waals surface area contributed by atoms with Crippen LogP contribution in [0.4, 0.5) is 0 Å². The van der Waals surface area contributed by atoms with Crippen LogP contribution in [0.15, 0.2) is 59.5 Å². The highest BCUT2D eigenvalue weighted by Crippen LogP contribution is 2.40. The average molecular weight is 438 g/mol. The lowest BCUT2D eigenvalue weighted by Gasteiger charge is -2.23. The Morgan fingerprint density at radius 3 is 2.07 bits per heavy atom. The molecule has 154 valence electrons. The first kappa shape index (κ1) is 21.3. The van der Waals surface area contributed by atoms with Crippen molar-refractivity contribution in [2.24, 2.45) is 5.92 Å². The molecule has 0 saturated carbocycles. The minimum Gasteiger partial charge on any atom is -0.469 e. The summed E-state index contributed by atoms with van der Waals surface area (Å²) in [6, 6.07) is 12.2. The van der Waals surface area contributed by atoms with Crippen LogP contribution in [0.25, 0.3) is 0 Å². The SMILES string of the molecule is COC(=O)[C@@H]1[C@H](S(=O)(=O)c2ccccc2)[C@H](C(=O)OC)N[C@@H]1c1ccc(Cl)cc1. The van der Waals surface area contributed by atoms with Crippen LogP contribution in [0.2, 0.25) is 5.02 Å². The maximum absolute atomic E-state index is 13.5. The molecule has 0 radical (unpaired) electrons. The number of hydrogen-bond donors (Lipinski definition) is 1. The van der Waals surface area contributed by atoms with Crippen LogP contribution in [0.3, 0.4) is 0 Å². The Kier molecular flexibility index (Phi) is 6.26. The minimum absolute atomic E-state index is 0.00589. The summed E-state index contributed by atoms with van der Waals surface area (Å²) < 4.78 is 36.6. The molecular formula is C20H20ClNO6S. The van der Waals surface area contributed by atoms with Crippen LogP contribution < -0.4 is 5.32 Å². The lowest BCUT2D eigenvalue weighted by Crippen LogP contribution is -2.45. The van der Waals surface area contributed by atoms with Crippen molar-refractivity contribution in [3.8, 4) is 0 Å². The minimum atomic E-state index is -4.09. The fourth-order valence-electron chi connectivity index (χ4n) is 3.64. The van der Waals surface area contributed by atoms with Crippen molar-refractivity contribution in [3.63, 3.8) is 0 Å². The first-order chi connectivity index (χ1) is 13.8. The Morgan fingerprint density at radius 2 is 1.52 bits per heavy atom. The van der Waals surface area contributed by atoms with Crippen LogP contribution >= 0.6 is 11.6 Å². The molecule has 1 saturated heterocycles. The maximum atomic E-state index is 13.5. The molecule has 1 aliphatic rings. The van der Waals surface area contributed by atoms with E-state index in [1.165, 1.54) is 26.4 Å². The van der Waals surface area contributed by atoms with Gasteiger partial charge in [-0.3, -0.25) is 14.9 Å². The number of rotatable bonds is 5. The standard InChI is InChI=1S/C20H20ClNO6S/c1-27-19(23)15-16(12-8-10-13(21)11-9-12)22-17(20(24)28-2)18(15)29(25,26)14-6-4-3-5-7-14/h3-11,15-18,22H,1-2H3/t15-,16+,17+,18-/m0/s1. The van der Waals surface area contributed by atoms with Crippen molar-refractivity contribution >= 4 is 33.4 Å². The number of esters is 2. The van der Waals surface area contributed by atoms with Crippen molar-refractivity contribution < 1.29 is 27.5 Å². The Morgan fingerprint density at radius 1 is 0.931 bits per heavy atom. The van der Waals surface area contributed by atoms with E-state index in [9.17, 15) is 18.0 Å². The molecule has 7 nitrogen and oxygen atoms in total. The number of halogens is 1. The van der Waals surface area contributed by atoms with Crippen molar-refractivity contribution in [1.29, 1.82) is 0 Å². The van der Waals surface area contributed by atoms with E-state index < -0.39 is 45.0 Å². The number of carbonyl (C=O) groups is 2. The molecule has 29 heavy (non-hydrogen) atoms. The first-order valence-electron chi connectivity index (χ1n) is 8.77. The van der Waals surface area contributed by atoms with Crippen molar-refractivity contribution in [2.75, 3.05) is 14.2 Å². The van der Waals surface area contributed by atoms with E-state index in [4.69, 9.17) is 21.1 Å². The van der Waals surface area contributed by atoms with E-state index >= 15 is 0 Å². The Labute approximate surface area is 173 Å². The highest BCUT2D eigenvalue weighted by Gasteiger charge is 2.57. The Balaban J connectivity index is 2.16. The number of benzene rings is 2. The van der Waals surface area contributed by atoms with E-state index in [1.54, 1.807) is 42.5 Å². The second kappa shape index (κ2) is 8.52. The van der Waals surface area contributed by atoms with Gasteiger partial charge in [0.05, 0.1) is 25.0 Å². The van der Waals surface area contributed by atoms with Crippen molar-refractivity contribution in [2.45, 2.75) is 22.2 Å². The molecule has 0 aromatic heterocycles. The first-order valence-corrected chi connectivity index (χ1v) is 10.7. The molecule has 0 spiro atoms. The normalized spacial score (nSPS) is 24.1. The summed E-state index contributed by atoms with van der Waals surface area (Å²) in [5, 5.41) is 2.04. The van der Waals surface area contributed by atoms with Gasteiger partial charge in [0.1, 0.15) is 11.3 Å². The number of nitrogens with one attached hydrogen (secondary N) is 1. The predicted molar refractivity (Wildman–Crippen MR) is 106 cm³/mol. The predicted octanol–water partition coefficient (Wildman–Crippen LogP) is 2.16. The monoisotopic (exact) mass is 437 g/mol. The van der Waals surface area contributed by atoms with E-state index in [2.05, 4.69) is 5.32 Å². The van der Waals surface area contributed by atoms with E-state index in [-0.39, 0.29) is 4.90 Å². The highest BCUT2D eigenvalue weighted by atomic mass is 35.5. The summed E-state index contributed by atoms with van der Waals surface area (Å²) in [6.07, 6.45) is 0. The molecule has 0 unspecified atom stereocenters. The molecule has 9 heteroatoms. The van der Waals surface area contributed by atoms with Crippen LogP contribution in [0, 0.1) is 5.92 Å². The average Bonchev–Trinajstić information content (AvgIpc) is 3.15. The van der Waals surface area contributed by atoms with Crippen molar-refractivity contribution in [1.82, 2.24) is 5.32 Å². The smallest absolute Gasteiger partial charge is 0.324 e. The summed E-state index contributed by atoms with van der Waals surface area (Å²) >= 11 is 5.95. The number of carbonyl (C=O) groups excluding carboxylic acids is 2. The Hall–Kier alpha value is -2.42. The molecule has 1 heterocycles. The van der Waals surface area contributed by atoms with Crippen LogP contribution in [-0.4, -0.2) is 45.9 Å². The second-order valence-electron chi connectivity index (χ2n) is 6.57. The van der Waals surface area contributed by atoms with E-state index in [1.807, 2.05) is 0 Å². The van der Waals surface area contributed by atoms with E-state index in [0.717, 1.165) is 0 Å². The third-order valence-corrected chi connectivity index (χ3v) is 7.45. The molecule has 0 aliphatic carbocycles. The topological polar surface area (TPSA) is 98.8 Å². The number of hydrogen-bond acceptors (Lipinski definition) is 7. The Bertz CT molecular complexity index is 993. The highest BCUT2D eigenvalue weighted by molar-refractivity contribution is 7.92. The van der Waals surface area contributed by atoms with Gasteiger partial charge in [0.25, 0.3) is 0 Å². The van der Waals surface area contributed by atoms with Gasteiger partial charge in [-0.05, 0) is 29.8 Å². The second-order valence-corrected chi connectivity index (χ2v) is 9.11. The summed E-state index contributed by atoms with van der Waals surface area (Å²) in [5.41, 5.74) is 0.601. The van der Waals surface area contributed by atoms with Crippen LogP contribution in [0.5, 0.6) is 0 Å². The van der Waals surface area contributed by atoms with Gasteiger partial charge in [-0.25, -0.2) is 8.42 Å². The number of ether oxygens (including phenoxy) is 2. The van der Waals surface area contributed by atoms with Gasteiger partial charge in [-0.2, -0.15) is 0 Å². The molecule has 4 atom stereocenters. The molecule has 2 aromatic carbocycles. The number of methoxy groups -OCH3 is 2. The van der Waals surface area contributed by atoms with E-state index in [0.29, 0.717) is 10.6 Å². The summed E-state index contributed by atoms with van der Waals surface area (Å²) in [7, 11) is -1.74. The van der Waals surface area contributed by atoms with Gasteiger partial charge in [-0.15, -0.1) is 0 Å². The maximum Gasteiger partial charge on any atom is 0.324 e. The molecule has 1 N–H and O–H groups in total. The van der Waals surface area contributed by atoms with Crippen LogP contribution in [0.1, 0.15) is 11.6 Å². The van der Waals surface area contributed by atoms with Gasteiger partial charge in [0.2, 0.25) is 0 Å². The lowest BCUT2D eigenvalue weighted by atomic mass is 9.93. The fraction of sp³-hybridized carbons (Fsp3) is 0.300. The van der Waals surface area contributed by atoms with Crippen LogP contribution in [-0.2, 0) is 28.9 Å². The third-order valence-electron chi connectivity index (χ3n) is 4.99. The van der Waals surface area contributed by atoms with Crippen molar-refractivity contribution in [3.05, 3.63) is 65.2 Å². The van der Waals surface area contributed by atoms with Gasteiger partial charge in [0.15, 0.2) is 9.84 Å². The quantitative estimate of drug-likeness (QED) is 0.715. The molecule has 2 aromatic rings. The van der Waals surface area contributed by atoms with Gasteiger partial charge < -0.3 is 9.47 Å². The zero-order valence-corrected chi connectivity index (χ0v) is 17.3. The molecular weight excluding hydrogens is 418 g/mol. The summed E-state index contributed by atoms with van der Waals surface area (Å²) in [5.74, 6) is -2.69. The number of sulfone groups is 1.